The summed E-state index contributed by atoms with van der Waals surface area (Å²) in [5, 5.41) is 0. The van der Waals surface area contributed by atoms with Crippen molar-refractivity contribution in [3.8, 4) is 0 Å². The Hall–Kier alpha value is -1.50. The Morgan fingerprint density at radius 3 is 2.54 bits per heavy atom. The largest absolute Gasteiger partial charge is 0.347 e. The van der Waals surface area contributed by atoms with Crippen LogP contribution in [0.15, 0.2) is 24.5 Å². The first-order valence-corrected chi connectivity index (χ1v) is 8.80. The maximum absolute atomic E-state index is 12.4. The molecule has 1 aromatic heterocycles. The Bertz CT molecular complexity index is 522. The second-order valence-corrected chi connectivity index (χ2v) is 6.65. The van der Waals surface area contributed by atoms with Crippen LogP contribution in [0.5, 0.6) is 0 Å². The second kappa shape index (κ2) is 8.05. The number of carbonyl (C=O) groups is 1. The van der Waals surface area contributed by atoms with Crippen LogP contribution in [0.25, 0.3) is 0 Å². The number of hydrogen-bond acceptors (Lipinski definition) is 5. The molecule has 0 aliphatic carbocycles. The van der Waals surface area contributed by atoms with Gasteiger partial charge in [-0.05, 0) is 31.2 Å². The minimum atomic E-state index is -0.405. The number of aromatic nitrogens is 1. The number of rotatable bonds is 6. The minimum Gasteiger partial charge on any atom is -0.347 e. The van der Waals surface area contributed by atoms with Crippen LogP contribution in [-0.4, -0.2) is 72.9 Å². The van der Waals surface area contributed by atoms with E-state index in [1.54, 1.807) is 0 Å². The fourth-order valence-corrected chi connectivity index (χ4v) is 3.31. The first-order chi connectivity index (χ1) is 11.7. The third kappa shape index (κ3) is 4.53. The van der Waals surface area contributed by atoms with Crippen molar-refractivity contribution in [1.82, 2.24) is 14.8 Å². The maximum atomic E-state index is 12.4. The van der Waals surface area contributed by atoms with E-state index < -0.39 is 5.79 Å². The van der Waals surface area contributed by atoms with Crippen LogP contribution in [0.3, 0.4) is 0 Å². The number of hydrogen-bond donors (Lipinski definition) is 0. The highest BCUT2D eigenvalue weighted by Crippen LogP contribution is 2.31. The highest BCUT2D eigenvalue weighted by Gasteiger charge is 2.40. The summed E-state index contributed by atoms with van der Waals surface area (Å²) in [6.07, 6.45) is 6.77. The molecule has 0 saturated carbocycles. The minimum absolute atomic E-state index is 0.235. The lowest BCUT2D eigenvalue weighted by Gasteiger charge is -2.37. The molecule has 1 spiro atoms. The first kappa shape index (κ1) is 17.3. The average Bonchev–Trinajstić information content (AvgIpc) is 3.07. The standard InChI is InChI=1S/C18H27N3O3/c1-20(10-4-16-2-8-19-9-3-16)11-5-17(22)21-12-6-18(7-13-21)23-14-15-24-18/h2-3,8-9H,4-7,10-15H2,1H3. The van der Waals surface area contributed by atoms with E-state index in [4.69, 9.17) is 9.47 Å². The molecule has 24 heavy (non-hydrogen) atoms. The van der Waals surface area contributed by atoms with Crippen molar-refractivity contribution in [2.24, 2.45) is 0 Å². The number of piperidine rings is 1. The molecule has 6 heteroatoms. The summed E-state index contributed by atoms with van der Waals surface area (Å²) in [4.78, 5) is 20.6. The molecule has 132 valence electrons. The van der Waals surface area contributed by atoms with Crippen LogP contribution in [-0.2, 0) is 20.7 Å². The van der Waals surface area contributed by atoms with Crippen LogP contribution in [0.1, 0.15) is 24.8 Å². The van der Waals surface area contributed by atoms with E-state index in [9.17, 15) is 4.79 Å². The summed E-state index contributed by atoms with van der Waals surface area (Å²) < 4.78 is 11.4. The van der Waals surface area contributed by atoms with Gasteiger partial charge in [0.15, 0.2) is 5.79 Å². The Balaban J connectivity index is 1.35. The Kier molecular flexibility index (Phi) is 5.81. The quantitative estimate of drug-likeness (QED) is 0.786. The van der Waals surface area contributed by atoms with Gasteiger partial charge in [0.2, 0.25) is 5.91 Å². The zero-order valence-electron chi connectivity index (χ0n) is 14.4. The van der Waals surface area contributed by atoms with Gasteiger partial charge < -0.3 is 19.3 Å². The van der Waals surface area contributed by atoms with Crippen LogP contribution in [0, 0.1) is 0 Å². The molecular formula is C18H27N3O3. The zero-order chi connectivity index (χ0) is 16.8. The summed E-state index contributed by atoms with van der Waals surface area (Å²) in [5.74, 6) is -0.170. The number of pyridine rings is 1. The molecule has 2 fully saturated rings. The predicted molar refractivity (Wildman–Crippen MR) is 90.5 cm³/mol. The van der Waals surface area contributed by atoms with Gasteiger partial charge in [-0.1, -0.05) is 0 Å². The molecule has 2 aliphatic heterocycles. The molecule has 1 aromatic rings. The van der Waals surface area contributed by atoms with E-state index in [1.807, 2.05) is 29.4 Å². The fraction of sp³-hybridized carbons (Fsp3) is 0.667. The molecule has 0 bridgehead atoms. The molecular weight excluding hydrogens is 306 g/mol. The van der Waals surface area contributed by atoms with E-state index in [2.05, 4.69) is 16.9 Å². The maximum Gasteiger partial charge on any atom is 0.223 e. The van der Waals surface area contributed by atoms with Crippen molar-refractivity contribution in [3.63, 3.8) is 0 Å². The molecule has 0 atom stereocenters. The summed E-state index contributed by atoms with van der Waals surface area (Å²) in [6.45, 7) is 4.56. The number of carbonyl (C=O) groups excluding carboxylic acids is 1. The molecule has 6 nitrogen and oxygen atoms in total. The van der Waals surface area contributed by atoms with Crippen LogP contribution < -0.4 is 0 Å². The Labute approximate surface area is 143 Å². The Morgan fingerprint density at radius 2 is 1.88 bits per heavy atom. The van der Waals surface area contributed by atoms with Gasteiger partial charge in [-0.3, -0.25) is 9.78 Å². The van der Waals surface area contributed by atoms with Gasteiger partial charge >= 0.3 is 0 Å². The average molecular weight is 333 g/mol. The van der Waals surface area contributed by atoms with Gasteiger partial charge in [0, 0.05) is 57.8 Å². The SMILES string of the molecule is CN(CCC(=O)N1CCC2(CC1)OCCO2)CCc1ccncc1. The third-order valence-corrected chi connectivity index (χ3v) is 4.93. The zero-order valence-corrected chi connectivity index (χ0v) is 14.4. The van der Waals surface area contributed by atoms with Crippen molar-refractivity contribution >= 4 is 5.91 Å². The smallest absolute Gasteiger partial charge is 0.223 e. The van der Waals surface area contributed by atoms with Gasteiger partial charge in [-0.2, -0.15) is 0 Å². The highest BCUT2D eigenvalue weighted by atomic mass is 16.7. The predicted octanol–water partition coefficient (Wildman–Crippen LogP) is 1.31. The lowest BCUT2D eigenvalue weighted by Crippen LogP contribution is -2.47. The van der Waals surface area contributed by atoms with Crippen molar-refractivity contribution < 1.29 is 14.3 Å². The number of likely N-dealkylation sites (tertiary alicyclic amines) is 1. The third-order valence-electron chi connectivity index (χ3n) is 4.93. The van der Waals surface area contributed by atoms with Crippen molar-refractivity contribution in [1.29, 1.82) is 0 Å². The van der Waals surface area contributed by atoms with Gasteiger partial charge in [0.1, 0.15) is 0 Å². The van der Waals surface area contributed by atoms with Crippen LogP contribution in [0.4, 0.5) is 0 Å². The number of amides is 1. The molecule has 0 N–H and O–H groups in total. The summed E-state index contributed by atoms with van der Waals surface area (Å²) in [6, 6.07) is 4.07. The van der Waals surface area contributed by atoms with E-state index in [1.165, 1.54) is 5.56 Å². The van der Waals surface area contributed by atoms with Gasteiger partial charge in [0.25, 0.3) is 0 Å². The number of likely N-dealkylation sites (N-methyl/N-ethyl adjacent to an activating group) is 1. The molecule has 2 saturated heterocycles. The molecule has 0 aromatic carbocycles. The van der Waals surface area contributed by atoms with E-state index >= 15 is 0 Å². The van der Waals surface area contributed by atoms with Crippen molar-refractivity contribution in [2.45, 2.75) is 31.5 Å². The Morgan fingerprint density at radius 1 is 1.21 bits per heavy atom. The second-order valence-electron chi connectivity index (χ2n) is 6.65. The van der Waals surface area contributed by atoms with E-state index in [0.717, 1.165) is 45.4 Å². The molecule has 1 amide bonds. The van der Waals surface area contributed by atoms with Crippen LogP contribution >= 0.6 is 0 Å². The highest BCUT2D eigenvalue weighted by molar-refractivity contribution is 5.76. The summed E-state index contributed by atoms with van der Waals surface area (Å²) in [5.41, 5.74) is 1.28. The van der Waals surface area contributed by atoms with Gasteiger partial charge in [-0.15, -0.1) is 0 Å². The first-order valence-electron chi connectivity index (χ1n) is 8.80. The van der Waals surface area contributed by atoms with Gasteiger partial charge in [-0.25, -0.2) is 0 Å². The summed E-state index contributed by atoms with van der Waals surface area (Å²) in [7, 11) is 2.07. The molecule has 3 rings (SSSR count). The monoisotopic (exact) mass is 333 g/mol. The van der Waals surface area contributed by atoms with E-state index in [-0.39, 0.29) is 5.91 Å². The van der Waals surface area contributed by atoms with Crippen molar-refractivity contribution in [2.75, 3.05) is 46.4 Å². The lowest BCUT2D eigenvalue weighted by atomic mass is 10.0. The molecule has 3 heterocycles. The van der Waals surface area contributed by atoms with Crippen molar-refractivity contribution in [3.05, 3.63) is 30.1 Å². The normalized spacial score (nSPS) is 20.0. The van der Waals surface area contributed by atoms with E-state index in [0.29, 0.717) is 19.6 Å². The molecule has 0 unspecified atom stereocenters. The summed E-state index contributed by atoms with van der Waals surface area (Å²) >= 11 is 0. The lowest BCUT2D eigenvalue weighted by molar-refractivity contribution is -0.187. The fourth-order valence-electron chi connectivity index (χ4n) is 3.31. The molecule has 0 radical (unpaired) electrons. The molecule has 2 aliphatic rings. The topological polar surface area (TPSA) is 54.9 Å². The number of ether oxygens (including phenoxy) is 2. The number of nitrogens with zero attached hydrogens (tertiary/aromatic N) is 3. The van der Waals surface area contributed by atoms with Crippen LogP contribution in [0.2, 0.25) is 0 Å². The van der Waals surface area contributed by atoms with Gasteiger partial charge in [0.05, 0.1) is 13.2 Å².